The smallest absolute Gasteiger partial charge is 0.350 e. The number of hydrogen-bond donors (Lipinski definition) is 0. The molecule has 23 heavy (non-hydrogen) atoms. The van der Waals surface area contributed by atoms with Gasteiger partial charge in [-0.3, -0.25) is 4.98 Å². The van der Waals surface area contributed by atoms with Gasteiger partial charge in [-0.15, -0.1) is 0 Å². The second kappa shape index (κ2) is 6.43. The molecule has 3 rings (SSSR count). The number of fused-ring (bicyclic) bond motifs is 1. The number of nitrogens with zero attached hydrogens (tertiary/aromatic N) is 5. The van der Waals surface area contributed by atoms with Crippen molar-refractivity contribution < 1.29 is 9.63 Å². The number of pyridine rings is 2. The van der Waals surface area contributed by atoms with Gasteiger partial charge in [0.25, 0.3) is 0 Å². The van der Waals surface area contributed by atoms with E-state index in [9.17, 15) is 4.79 Å². The molecule has 7 nitrogen and oxygen atoms in total. The maximum Gasteiger partial charge on any atom is 0.350 e. The Labute approximate surface area is 138 Å². The molecule has 0 unspecified atom stereocenters. The van der Waals surface area contributed by atoms with Gasteiger partial charge in [-0.05, 0) is 41.9 Å². The summed E-state index contributed by atoms with van der Waals surface area (Å²) in [7, 11) is 0. The molecule has 0 saturated heterocycles. The van der Waals surface area contributed by atoms with Crippen molar-refractivity contribution in [2.75, 3.05) is 0 Å². The third-order valence-electron chi connectivity index (χ3n) is 3.08. The van der Waals surface area contributed by atoms with Gasteiger partial charge in [0, 0.05) is 21.0 Å². The summed E-state index contributed by atoms with van der Waals surface area (Å²) in [4.78, 5) is 27.9. The molecule has 0 bridgehead atoms. The first kappa shape index (κ1) is 15.0. The monoisotopic (exact) mass is 369 g/mol. The lowest BCUT2D eigenvalue weighted by atomic mass is 10.1. The number of rotatable bonds is 3. The molecule has 1 aromatic carbocycles. The number of carbonyl (C=O) groups is 1. The standard InChI is InChI=1S/C15H8BrN5O2/c16-9-4-5-12-10(7-9)11(15(22)23-21-20-17)8-14(19-12)13-3-1-2-6-18-13/h1-8H. The molecule has 2 aromatic heterocycles. The lowest BCUT2D eigenvalue weighted by molar-refractivity contribution is 0.0508. The Hall–Kier alpha value is -2.96. The highest BCUT2D eigenvalue weighted by Gasteiger charge is 2.16. The van der Waals surface area contributed by atoms with Gasteiger partial charge in [0.1, 0.15) is 5.28 Å². The van der Waals surface area contributed by atoms with Gasteiger partial charge in [0.05, 0.1) is 22.5 Å². The van der Waals surface area contributed by atoms with E-state index in [1.807, 2.05) is 12.1 Å². The lowest BCUT2D eigenvalue weighted by Crippen LogP contribution is -2.03. The Morgan fingerprint density at radius 2 is 2.09 bits per heavy atom. The summed E-state index contributed by atoms with van der Waals surface area (Å²) in [5, 5.41) is 3.44. The zero-order chi connectivity index (χ0) is 16.2. The average molecular weight is 370 g/mol. The van der Waals surface area contributed by atoms with Crippen LogP contribution in [0.3, 0.4) is 0 Å². The average Bonchev–Trinajstić information content (AvgIpc) is 2.59. The Morgan fingerprint density at radius 1 is 1.22 bits per heavy atom. The third-order valence-corrected chi connectivity index (χ3v) is 3.57. The van der Waals surface area contributed by atoms with E-state index < -0.39 is 5.97 Å². The predicted molar refractivity (Wildman–Crippen MR) is 87.2 cm³/mol. The summed E-state index contributed by atoms with van der Waals surface area (Å²) in [6.45, 7) is 0. The van der Waals surface area contributed by atoms with Crippen LogP contribution in [-0.2, 0) is 4.84 Å². The van der Waals surface area contributed by atoms with Gasteiger partial charge in [-0.2, -0.15) is 0 Å². The molecule has 0 atom stereocenters. The largest absolute Gasteiger partial charge is 0.355 e. The number of carbonyl (C=O) groups excluding carboxylic acids is 1. The normalized spacial score (nSPS) is 10.1. The van der Waals surface area contributed by atoms with E-state index in [1.165, 1.54) is 0 Å². The van der Waals surface area contributed by atoms with Gasteiger partial charge in [0.15, 0.2) is 0 Å². The van der Waals surface area contributed by atoms with Crippen molar-refractivity contribution in [3.63, 3.8) is 0 Å². The summed E-state index contributed by atoms with van der Waals surface area (Å²) in [6, 6.07) is 12.3. The zero-order valence-electron chi connectivity index (χ0n) is 11.5. The third kappa shape index (κ3) is 3.13. The summed E-state index contributed by atoms with van der Waals surface area (Å²) in [6.07, 6.45) is 1.64. The number of aromatic nitrogens is 2. The molecular formula is C15H8BrN5O2. The van der Waals surface area contributed by atoms with Crippen LogP contribution >= 0.6 is 15.9 Å². The van der Waals surface area contributed by atoms with E-state index in [0.717, 1.165) is 4.47 Å². The quantitative estimate of drug-likeness (QED) is 0.294. The molecule has 3 aromatic rings. The minimum Gasteiger partial charge on any atom is -0.355 e. The topological polar surface area (TPSA) is 101 Å². The molecule has 0 spiro atoms. The van der Waals surface area contributed by atoms with Crippen molar-refractivity contribution in [3.05, 3.63) is 69.1 Å². The van der Waals surface area contributed by atoms with Crippen LogP contribution in [0.25, 0.3) is 32.7 Å². The molecule has 0 aliphatic rings. The Kier molecular flexibility index (Phi) is 4.18. The molecule has 0 aliphatic heterocycles. The van der Waals surface area contributed by atoms with E-state index in [1.54, 1.807) is 36.5 Å². The fourth-order valence-corrected chi connectivity index (χ4v) is 2.48. The minimum atomic E-state index is -0.759. The van der Waals surface area contributed by atoms with Crippen LogP contribution in [0.2, 0.25) is 0 Å². The van der Waals surface area contributed by atoms with E-state index in [4.69, 9.17) is 5.53 Å². The fourth-order valence-electron chi connectivity index (χ4n) is 2.12. The van der Waals surface area contributed by atoms with Crippen LogP contribution in [0.5, 0.6) is 0 Å². The summed E-state index contributed by atoms with van der Waals surface area (Å²) in [5.74, 6) is -0.759. The first-order valence-electron chi connectivity index (χ1n) is 6.46. The highest BCUT2D eigenvalue weighted by molar-refractivity contribution is 9.10. The molecule has 8 heteroatoms. The molecule has 2 heterocycles. The van der Waals surface area contributed by atoms with E-state index >= 15 is 0 Å². The maximum atomic E-state index is 12.2. The SMILES string of the molecule is [N-]=[N+]=NOC(=O)c1cc(-c2ccccn2)nc2ccc(Br)cc12. The van der Waals surface area contributed by atoms with Crippen LogP contribution in [-0.4, -0.2) is 15.9 Å². The van der Waals surface area contributed by atoms with Gasteiger partial charge in [0.2, 0.25) is 0 Å². The second-order valence-corrected chi connectivity index (χ2v) is 5.40. The summed E-state index contributed by atoms with van der Waals surface area (Å²) in [5.41, 5.74) is 10.3. The molecule has 0 amide bonds. The lowest BCUT2D eigenvalue weighted by Gasteiger charge is -2.08. The summed E-state index contributed by atoms with van der Waals surface area (Å²) >= 11 is 3.36. The van der Waals surface area contributed by atoms with Crippen LogP contribution < -0.4 is 0 Å². The first-order chi connectivity index (χ1) is 11.2. The molecule has 0 radical (unpaired) electrons. The highest BCUT2D eigenvalue weighted by atomic mass is 79.9. The van der Waals surface area contributed by atoms with Crippen molar-refractivity contribution in [3.8, 4) is 11.4 Å². The Morgan fingerprint density at radius 3 is 2.83 bits per heavy atom. The van der Waals surface area contributed by atoms with Gasteiger partial charge in [-0.25, -0.2) is 9.78 Å². The van der Waals surface area contributed by atoms with Gasteiger partial charge in [-0.1, -0.05) is 22.0 Å². The van der Waals surface area contributed by atoms with E-state index in [-0.39, 0.29) is 5.56 Å². The number of azide groups is 1. The molecule has 0 fully saturated rings. The van der Waals surface area contributed by atoms with E-state index in [0.29, 0.717) is 22.3 Å². The first-order valence-corrected chi connectivity index (χ1v) is 7.26. The summed E-state index contributed by atoms with van der Waals surface area (Å²) < 4.78 is 0.787. The van der Waals surface area contributed by atoms with Gasteiger partial charge >= 0.3 is 5.97 Å². The fraction of sp³-hybridized carbons (Fsp3) is 0. The molecule has 0 N–H and O–H groups in total. The van der Waals surface area contributed by atoms with Crippen LogP contribution in [0.4, 0.5) is 0 Å². The van der Waals surface area contributed by atoms with Crippen molar-refractivity contribution in [2.24, 2.45) is 5.28 Å². The zero-order valence-corrected chi connectivity index (χ0v) is 13.1. The van der Waals surface area contributed by atoms with Crippen LogP contribution in [0, 0.1) is 0 Å². The minimum absolute atomic E-state index is 0.240. The molecule has 112 valence electrons. The predicted octanol–water partition coefficient (Wildman–Crippen LogP) is 4.44. The van der Waals surface area contributed by atoms with Crippen molar-refractivity contribution in [1.82, 2.24) is 9.97 Å². The Balaban J connectivity index is 2.23. The number of benzene rings is 1. The van der Waals surface area contributed by atoms with Crippen molar-refractivity contribution >= 4 is 32.8 Å². The van der Waals surface area contributed by atoms with Crippen LogP contribution in [0.1, 0.15) is 10.4 Å². The van der Waals surface area contributed by atoms with Crippen molar-refractivity contribution in [1.29, 1.82) is 0 Å². The number of halogens is 1. The van der Waals surface area contributed by atoms with E-state index in [2.05, 4.69) is 40.9 Å². The second-order valence-electron chi connectivity index (χ2n) is 4.48. The Bertz CT molecular complexity index is 939. The molecule has 0 aliphatic carbocycles. The highest BCUT2D eigenvalue weighted by Crippen LogP contribution is 2.27. The van der Waals surface area contributed by atoms with Gasteiger partial charge < -0.3 is 4.84 Å². The van der Waals surface area contributed by atoms with Crippen molar-refractivity contribution in [2.45, 2.75) is 0 Å². The van der Waals surface area contributed by atoms with Crippen LogP contribution in [0.15, 0.2) is 58.4 Å². The molecule has 0 saturated carbocycles. The number of hydrogen-bond acceptors (Lipinski definition) is 5. The molecular weight excluding hydrogens is 362 g/mol. The maximum absolute atomic E-state index is 12.2.